The molecule has 1 aliphatic heterocycles. The maximum Gasteiger partial charge on any atom is 0.329 e. The Morgan fingerprint density at radius 3 is 2.46 bits per heavy atom. The molecule has 0 bridgehead atoms. The van der Waals surface area contributed by atoms with Crippen LogP contribution in [0.1, 0.15) is 38.3 Å². The Hall–Kier alpha value is -2.96. The van der Waals surface area contributed by atoms with E-state index in [9.17, 15) is 14.4 Å². The minimum atomic E-state index is -0.939. The van der Waals surface area contributed by atoms with Gasteiger partial charge in [0.05, 0.1) is 11.8 Å². The van der Waals surface area contributed by atoms with Gasteiger partial charge in [0.2, 0.25) is 11.8 Å². The number of aromatic nitrogens is 1. The summed E-state index contributed by atoms with van der Waals surface area (Å²) in [6.45, 7) is 1.45. The molecule has 28 heavy (non-hydrogen) atoms. The molecule has 2 aromatic rings. The highest BCUT2D eigenvalue weighted by molar-refractivity contribution is 6.07. The van der Waals surface area contributed by atoms with Gasteiger partial charge in [0.1, 0.15) is 18.3 Å². The summed E-state index contributed by atoms with van der Waals surface area (Å²) < 4.78 is 10.6. The molecular formula is C21H22N2O5. The number of hydrogen-bond acceptors (Lipinski definition) is 6. The van der Waals surface area contributed by atoms with Gasteiger partial charge in [-0.1, -0.05) is 48.3 Å². The van der Waals surface area contributed by atoms with Crippen molar-refractivity contribution in [3.63, 3.8) is 0 Å². The summed E-state index contributed by atoms with van der Waals surface area (Å²) in [5, 5.41) is 3.91. The van der Waals surface area contributed by atoms with Crippen molar-refractivity contribution in [3.8, 4) is 11.3 Å². The Balaban J connectivity index is 1.38. The summed E-state index contributed by atoms with van der Waals surface area (Å²) in [7, 11) is 0. The van der Waals surface area contributed by atoms with Gasteiger partial charge in [-0.05, 0) is 19.8 Å². The normalized spacial score (nSPS) is 22.8. The molecular weight excluding hydrogens is 360 g/mol. The lowest BCUT2D eigenvalue weighted by Gasteiger charge is -2.21. The van der Waals surface area contributed by atoms with E-state index in [1.54, 1.807) is 6.07 Å². The predicted molar refractivity (Wildman–Crippen MR) is 98.5 cm³/mol. The lowest BCUT2D eigenvalue weighted by molar-refractivity contribution is -0.159. The highest BCUT2D eigenvalue weighted by Gasteiger charge is 2.51. The third kappa shape index (κ3) is 3.32. The summed E-state index contributed by atoms with van der Waals surface area (Å²) in [6.07, 6.45) is 3.33. The van der Waals surface area contributed by atoms with Crippen LogP contribution in [0.25, 0.3) is 11.3 Å². The third-order valence-corrected chi connectivity index (χ3v) is 5.58. The predicted octanol–water partition coefficient (Wildman–Crippen LogP) is 2.95. The molecule has 7 nitrogen and oxygen atoms in total. The Kier molecular flexibility index (Phi) is 4.98. The van der Waals surface area contributed by atoms with E-state index in [0.717, 1.165) is 23.3 Å². The lowest BCUT2D eigenvalue weighted by atomic mass is 9.81. The second kappa shape index (κ2) is 7.58. The molecule has 3 atom stereocenters. The van der Waals surface area contributed by atoms with Crippen LogP contribution >= 0.6 is 0 Å². The summed E-state index contributed by atoms with van der Waals surface area (Å²) in [6, 6.07) is 10.2. The quantitative estimate of drug-likeness (QED) is 0.583. The molecule has 0 unspecified atom stereocenters. The number of ether oxygens (including phenoxy) is 1. The number of rotatable bonds is 5. The van der Waals surface area contributed by atoms with Gasteiger partial charge in [0.25, 0.3) is 0 Å². The molecule has 1 aromatic heterocycles. The van der Waals surface area contributed by atoms with Crippen molar-refractivity contribution in [2.24, 2.45) is 11.8 Å². The Labute approximate surface area is 162 Å². The number of likely N-dealkylation sites (tertiary alicyclic amines) is 1. The standard InChI is InChI=1S/C21H22N2O5/c1-13(23-19(24)16-9-5-6-10-17(16)20(23)25)21(26)27-12-15-11-18(28-22-15)14-7-3-2-4-8-14/h2-4,7-8,11,13,16-17H,5-6,9-10,12H2,1H3/t13-,16-,17+/m0/s1. The molecule has 2 aliphatic rings. The number of nitrogens with zero attached hydrogens (tertiary/aromatic N) is 2. The van der Waals surface area contributed by atoms with E-state index in [-0.39, 0.29) is 30.3 Å². The largest absolute Gasteiger partial charge is 0.458 e. The molecule has 1 saturated carbocycles. The zero-order chi connectivity index (χ0) is 19.7. The van der Waals surface area contributed by atoms with Crippen LogP contribution in [0.15, 0.2) is 40.9 Å². The number of benzene rings is 1. The van der Waals surface area contributed by atoms with Crippen LogP contribution in [0, 0.1) is 11.8 Å². The molecule has 0 radical (unpaired) electrons. The van der Waals surface area contributed by atoms with Crippen molar-refractivity contribution >= 4 is 17.8 Å². The minimum Gasteiger partial charge on any atom is -0.458 e. The summed E-state index contributed by atoms with van der Waals surface area (Å²) >= 11 is 0. The van der Waals surface area contributed by atoms with Crippen LogP contribution in [-0.2, 0) is 25.7 Å². The topological polar surface area (TPSA) is 89.7 Å². The number of hydrogen-bond donors (Lipinski definition) is 0. The summed E-state index contributed by atoms with van der Waals surface area (Å²) in [4.78, 5) is 38.7. The number of carbonyl (C=O) groups excluding carboxylic acids is 3. The first-order chi connectivity index (χ1) is 13.6. The number of amides is 2. The first-order valence-corrected chi connectivity index (χ1v) is 9.61. The van der Waals surface area contributed by atoms with Crippen LogP contribution in [0.2, 0.25) is 0 Å². The molecule has 2 heterocycles. The Morgan fingerprint density at radius 1 is 1.18 bits per heavy atom. The smallest absolute Gasteiger partial charge is 0.329 e. The van der Waals surface area contributed by atoms with E-state index in [1.807, 2.05) is 30.3 Å². The summed E-state index contributed by atoms with van der Waals surface area (Å²) in [5.41, 5.74) is 1.34. The first kappa shape index (κ1) is 18.4. The average Bonchev–Trinajstić information content (AvgIpc) is 3.30. The van der Waals surface area contributed by atoms with Crippen molar-refractivity contribution in [1.82, 2.24) is 10.1 Å². The fourth-order valence-corrected chi connectivity index (χ4v) is 4.06. The highest BCUT2D eigenvalue weighted by atomic mass is 16.5. The highest BCUT2D eigenvalue weighted by Crippen LogP contribution is 2.39. The van der Waals surface area contributed by atoms with Gasteiger partial charge < -0.3 is 9.26 Å². The summed E-state index contributed by atoms with van der Waals surface area (Å²) in [5.74, 6) is -1.09. The zero-order valence-electron chi connectivity index (χ0n) is 15.7. The van der Waals surface area contributed by atoms with Crippen molar-refractivity contribution < 1.29 is 23.6 Å². The first-order valence-electron chi connectivity index (χ1n) is 9.61. The Bertz CT molecular complexity index is 867. The lowest BCUT2D eigenvalue weighted by Crippen LogP contribution is -2.44. The number of fused-ring (bicyclic) bond motifs is 1. The van der Waals surface area contributed by atoms with E-state index in [0.29, 0.717) is 24.3 Å². The van der Waals surface area contributed by atoms with Gasteiger partial charge in [-0.15, -0.1) is 0 Å². The van der Waals surface area contributed by atoms with E-state index < -0.39 is 12.0 Å². The number of carbonyl (C=O) groups is 3. The van der Waals surface area contributed by atoms with Gasteiger partial charge >= 0.3 is 5.97 Å². The molecule has 1 aliphatic carbocycles. The van der Waals surface area contributed by atoms with Gasteiger partial charge in [-0.3, -0.25) is 14.5 Å². The SMILES string of the molecule is C[C@@H](C(=O)OCc1cc(-c2ccccc2)on1)N1C(=O)[C@H]2CCCC[C@H]2C1=O. The van der Waals surface area contributed by atoms with Crippen LogP contribution < -0.4 is 0 Å². The number of imide groups is 1. The second-order valence-electron chi connectivity index (χ2n) is 7.38. The van der Waals surface area contributed by atoms with Crippen molar-refractivity contribution in [2.75, 3.05) is 0 Å². The van der Waals surface area contributed by atoms with E-state index in [4.69, 9.17) is 9.26 Å². The monoisotopic (exact) mass is 382 g/mol. The molecule has 2 amide bonds. The molecule has 1 aromatic carbocycles. The van der Waals surface area contributed by atoms with E-state index in [2.05, 4.69) is 5.16 Å². The fourth-order valence-electron chi connectivity index (χ4n) is 4.06. The van der Waals surface area contributed by atoms with Gasteiger partial charge in [-0.2, -0.15) is 0 Å². The van der Waals surface area contributed by atoms with Crippen molar-refractivity contribution in [2.45, 2.75) is 45.3 Å². The minimum absolute atomic E-state index is 0.0808. The fraction of sp³-hybridized carbons (Fsp3) is 0.429. The molecule has 0 spiro atoms. The zero-order valence-corrected chi connectivity index (χ0v) is 15.7. The van der Waals surface area contributed by atoms with Crippen LogP contribution in [-0.4, -0.2) is 33.9 Å². The third-order valence-electron chi connectivity index (χ3n) is 5.58. The molecule has 0 N–H and O–H groups in total. The van der Waals surface area contributed by atoms with Gasteiger partial charge in [-0.25, -0.2) is 4.79 Å². The van der Waals surface area contributed by atoms with Crippen molar-refractivity contribution in [3.05, 3.63) is 42.1 Å². The van der Waals surface area contributed by atoms with Gasteiger partial charge in [0.15, 0.2) is 5.76 Å². The van der Waals surface area contributed by atoms with Crippen molar-refractivity contribution in [1.29, 1.82) is 0 Å². The number of esters is 1. The Morgan fingerprint density at radius 2 is 1.82 bits per heavy atom. The van der Waals surface area contributed by atoms with Crippen LogP contribution in [0.3, 0.4) is 0 Å². The molecule has 7 heteroatoms. The maximum absolute atomic E-state index is 12.6. The van der Waals surface area contributed by atoms with Crippen LogP contribution in [0.4, 0.5) is 0 Å². The molecule has 1 saturated heterocycles. The average molecular weight is 382 g/mol. The molecule has 2 fully saturated rings. The van der Waals surface area contributed by atoms with Gasteiger partial charge in [0, 0.05) is 11.6 Å². The molecule has 4 rings (SSSR count). The van der Waals surface area contributed by atoms with E-state index >= 15 is 0 Å². The second-order valence-corrected chi connectivity index (χ2v) is 7.38. The van der Waals surface area contributed by atoms with E-state index in [1.165, 1.54) is 6.92 Å². The molecule has 146 valence electrons. The van der Waals surface area contributed by atoms with Crippen LogP contribution in [0.5, 0.6) is 0 Å². The maximum atomic E-state index is 12.6.